The Morgan fingerprint density at radius 1 is 1.07 bits per heavy atom. The number of aromatic nitrogens is 2. The summed E-state index contributed by atoms with van der Waals surface area (Å²) in [5.41, 5.74) is 1.79. The first kappa shape index (κ1) is 18.1. The lowest BCUT2D eigenvalue weighted by Gasteiger charge is -2.24. The molecule has 0 fully saturated rings. The number of fused-ring (bicyclic) bond motifs is 1. The summed E-state index contributed by atoms with van der Waals surface area (Å²) in [5.74, 6) is -0.0589. The van der Waals surface area contributed by atoms with Gasteiger partial charge in [0.05, 0.1) is 22.6 Å². The molecule has 5 nitrogen and oxygen atoms in total. The zero-order chi connectivity index (χ0) is 19.7. The molecule has 6 heteroatoms. The number of para-hydroxylation sites is 1. The molecule has 0 aliphatic heterocycles. The lowest BCUT2D eigenvalue weighted by Crippen LogP contribution is -2.29. The fourth-order valence-corrected chi connectivity index (χ4v) is 3.94. The Morgan fingerprint density at radius 3 is 2.54 bits per heavy atom. The van der Waals surface area contributed by atoms with Crippen LogP contribution in [0.15, 0.2) is 77.2 Å². The summed E-state index contributed by atoms with van der Waals surface area (Å²) in [6, 6.07) is 18.3. The van der Waals surface area contributed by atoms with Crippen molar-refractivity contribution < 1.29 is 4.79 Å². The van der Waals surface area contributed by atoms with Crippen LogP contribution in [0.4, 0.5) is 0 Å². The van der Waals surface area contributed by atoms with Gasteiger partial charge in [-0.15, -0.1) is 11.3 Å². The summed E-state index contributed by atoms with van der Waals surface area (Å²) in [4.78, 5) is 32.8. The summed E-state index contributed by atoms with van der Waals surface area (Å²) in [6.45, 7) is 2.01. The summed E-state index contributed by atoms with van der Waals surface area (Å²) in [7, 11) is 1.80. The van der Waals surface area contributed by atoms with Gasteiger partial charge in [-0.3, -0.25) is 14.2 Å². The summed E-state index contributed by atoms with van der Waals surface area (Å²) in [5, 5.41) is 2.57. The highest BCUT2D eigenvalue weighted by Gasteiger charge is 2.19. The fraction of sp³-hybridized carbons (Fsp3) is 0.136. The van der Waals surface area contributed by atoms with Crippen molar-refractivity contribution in [3.63, 3.8) is 0 Å². The van der Waals surface area contributed by atoms with Crippen molar-refractivity contribution in [1.29, 1.82) is 0 Å². The first-order valence-corrected chi connectivity index (χ1v) is 9.81. The molecule has 1 atom stereocenters. The van der Waals surface area contributed by atoms with Gasteiger partial charge in [-0.05, 0) is 54.8 Å². The normalized spacial score (nSPS) is 12.1. The van der Waals surface area contributed by atoms with Gasteiger partial charge in [-0.2, -0.15) is 0 Å². The smallest absolute Gasteiger partial charge is 0.265 e. The van der Waals surface area contributed by atoms with Gasteiger partial charge in [0.2, 0.25) is 0 Å². The Morgan fingerprint density at radius 2 is 1.82 bits per heavy atom. The van der Waals surface area contributed by atoms with Crippen molar-refractivity contribution in [2.45, 2.75) is 13.0 Å². The van der Waals surface area contributed by atoms with Gasteiger partial charge in [0, 0.05) is 17.5 Å². The first-order chi connectivity index (χ1) is 13.6. The van der Waals surface area contributed by atoms with Crippen molar-refractivity contribution in [2.75, 3.05) is 7.05 Å². The van der Waals surface area contributed by atoms with E-state index < -0.39 is 0 Å². The van der Waals surface area contributed by atoms with Gasteiger partial charge < -0.3 is 4.90 Å². The molecule has 4 aromatic rings. The van der Waals surface area contributed by atoms with E-state index in [-0.39, 0.29) is 17.5 Å². The molecule has 4 rings (SSSR count). The minimum absolute atomic E-state index is 0.000478. The van der Waals surface area contributed by atoms with Crippen LogP contribution < -0.4 is 5.56 Å². The highest BCUT2D eigenvalue weighted by Crippen LogP contribution is 2.25. The minimum atomic E-state index is -0.131. The van der Waals surface area contributed by atoms with Gasteiger partial charge in [0.25, 0.3) is 11.5 Å². The molecule has 0 N–H and O–H groups in total. The Bertz CT molecular complexity index is 1180. The predicted octanol–water partition coefficient (Wildman–Crippen LogP) is 4.28. The van der Waals surface area contributed by atoms with Crippen LogP contribution in [0.3, 0.4) is 0 Å². The second-order valence-electron chi connectivity index (χ2n) is 6.59. The van der Waals surface area contributed by atoms with Gasteiger partial charge in [0.15, 0.2) is 0 Å². The van der Waals surface area contributed by atoms with Crippen LogP contribution in [0.25, 0.3) is 16.6 Å². The number of amides is 1. The number of thiophene rings is 1. The topological polar surface area (TPSA) is 55.2 Å². The molecular weight excluding hydrogens is 370 g/mol. The van der Waals surface area contributed by atoms with E-state index >= 15 is 0 Å². The molecule has 2 aromatic heterocycles. The molecule has 0 bridgehead atoms. The third-order valence-corrected chi connectivity index (χ3v) is 5.96. The zero-order valence-corrected chi connectivity index (χ0v) is 16.4. The monoisotopic (exact) mass is 389 g/mol. The van der Waals surface area contributed by atoms with E-state index in [0.29, 0.717) is 22.2 Å². The molecule has 28 heavy (non-hydrogen) atoms. The number of benzene rings is 2. The largest absolute Gasteiger partial charge is 0.334 e. The quantitative estimate of drug-likeness (QED) is 0.523. The number of carbonyl (C=O) groups excluding carboxylic acids is 1. The van der Waals surface area contributed by atoms with Crippen LogP contribution in [0.1, 0.15) is 28.2 Å². The summed E-state index contributed by atoms with van der Waals surface area (Å²) >= 11 is 1.64. The number of carbonyl (C=O) groups is 1. The molecular formula is C22H19N3O2S. The van der Waals surface area contributed by atoms with Crippen molar-refractivity contribution >= 4 is 28.1 Å². The molecule has 0 aliphatic carbocycles. The number of hydrogen-bond acceptors (Lipinski definition) is 4. The van der Waals surface area contributed by atoms with Crippen molar-refractivity contribution in [3.05, 3.63) is 93.2 Å². The van der Waals surface area contributed by atoms with E-state index in [9.17, 15) is 9.59 Å². The van der Waals surface area contributed by atoms with E-state index in [2.05, 4.69) is 4.98 Å². The molecule has 0 aliphatic rings. The molecule has 2 heterocycles. The third-order valence-electron chi connectivity index (χ3n) is 4.91. The average molecular weight is 389 g/mol. The van der Waals surface area contributed by atoms with Crippen LogP contribution in [0.5, 0.6) is 0 Å². The van der Waals surface area contributed by atoms with Gasteiger partial charge >= 0.3 is 0 Å². The van der Waals surface area contributed by atoms with Crippen LogP contribution in [-0.2, 0) is 0 Å². The molecule has 2 aromatic carbocycles. The molecule has 0 spiro atoms. The van der Waals surface area contributed by atoms with E-state index in [1.165, 1.54) is 10.9 Å². The van der Waals surface area contributed by atoms with Crippen molar-refractivity contribution in [1.82, 2.24) is 14.5 Å². The van der Waals surface area contributed by atoms with E-state index in [0.717, 1.165) is 4.88 Å². The van der Waals surface area contributed by atoms with Crippen molar-refractivity contribution in [2.24, 2.45) is 0 Å². The molecule has 140 valence electrons. The van der Waals surface area contributed by atoms with Gasteiger partial charge in [0.1, 0.15) is 6.33 Å². The predicted molar refractivity (Wildman–Crippen MR) is 112 cm³/mol. The second kappa shape index (κ2) is 7.40. The first-order valence-electron chi connectivity index (χ1n) is 8.93. The van der Waals surface area contributed by atoms with Crippen LogP contribution >= 0.6 is 11.3 Å². The Hall–Kier alpha value is -3.25. The second-order valence-corrected chi connectivity index (χ2v) is 7.57. The molecule has 0 saturated carbocycles. The SMILES string of the molecule is CC(c1cccs1)N(C)C(=O)c1ccc(-n2cnc3ccccc3c2=O)cc1. The van der Waals surface area contributed by atoms with Gasteiger partial charge in [-0.1, -0.05) is 18.2 Å². The average Bonchev–Trinajstić information content (AvgIpc) is 3.28. The maximum absolute atomic E-state index is 12.8. The third kappa shape index (κ3) is 3.23. The number of hydrogen-bond donors (Lipinski definition) is 0. The molecule has 0 saturated heterocycles. The number of nitrogens with zero attached hydrogens (tertiary/aromatic N) is 3. The van der Waals surface area contributed by atoms with E-state index in [4.69, 9.17) is 0 Å². The lowest BCUT2D eigenvalue weighted by molar-refractivity contribution is 0.0745. The lowest BCUT2D eigenvalue weighted by atomic mass is 10.1. The summed E-state index contributed by atoms with van der Waals surface area (Å²) in [6.07, 6.45) is 1.52. The molecule has 0 radical (unpaired) electrons. The standard InChI is InChI=1S/C22H19N3O2S/c1-15(20-8-5-13-28-20)24(2)21(26)16-9-11-17(12-10-16)25-14-23-19-7-4-3-6-18(19)22(25)27/h3-15H,1-2H3. The Labute approximate surface area is 166 Å². The molecule has 1 unspecified atom stereocenters. The van der Waals surface area contributed by atoms with Crippen LogP contribution in [0.2, 0.25) is 0 Å². The van der Waals surface area contributed by atoms with Crippen LogP contribution in [0, 0.1) is 0 Å². The number of rotatable bonds is 4. The Kier molecular flexibility index (Phi) is 4.79. The van der Waals surface area contributed by atoms with Gasteiger partial charge in [-0.25, -0.2) is 4.98 Å². The zero-order valence-electron chi connectivity index (χ0n) is 15.6. The maximum atomic E-state index is 12.8. The van der Waals surface area contributed by atoms with Crippen LogP contribution in [-0.4, -0.2) is 27.4 Å². The van der Waals surface area contributed by atoms with Crippen molar-refractivity contribution in [3.8, 4) is 5.69 Å². The maximum Gasteiger partial charge on any atom is 0.265 e. The minimum Gasteiger partial charge on any atom is -0.334 e. The molecule has 1 amide bonds. The van der Waals surface area contributed by atoms with E-state index in [1.807, 2.05) is 42.6 Å². The highest BCUT2D eigenvalue weighted by atomic mass is 32.1. The Balaban J connectivity index is 1.61. The highest BCUT2D eigenvalue weighted by molar-refractivity contribution is 7.10. The van der Waals surface area contributed by atoms with E-state index in [1.54, 1.807) is 53.6 Å². The summed E-state index contributed by atoms with van der Waals surface area (Å²) < 4.78 is 1.49. The fourth-order valence-electron chi connectivity index (χ4n) is 3.12.